The van der Waals surface area contributed by atoms with Gasteiger partial charge in [0.2, 0.25) is 0 Å². The highest BCUT2D eigenvalue weighted by molar-refractivity contribution is 5.76. The number of aliphatic hydroxyl groups is 1. The molecule has 9 nitrogen and oxygen atoms in total. The number of piperidine rings is 1. The maximum atomic E-state index is 11.8. The van der Waals surface area contributed by atoms with E-state index in [1.54, 1.807) is 11.0 Å². The molecule has 0 radical (unpaired) electrons. The summed E-state index contributed by atoms with van der Waals surface area (Å²) in [7, 11) is 1.34. The second-order valence-electron chi connectivity index (χ2n) is 6.66. The second-order valence-corrected chi connectivity index (χ2v) is 6.66. The lowest BCUT2D eigenvalue weighted by Gasteiger charge is -2.39. The predicted octanol–water partition coefficient (Wildman–Crippen LogP) is -0.455. The fourth-order valence-corrected chi connectivity index (χ4v) is 3.76. The Morgan fingerprint density at radius 2 is 1.88 bits per heavy atom. The lowest BCUT2D eigenvalue weighted by molar-refractivity contribution is -0.145. The number of carbonyl (C=O) groups excluding carboxylic acids is 1. The van der Waals surface area contributed by atoms with E-state index in [-0.39, 0.29) is 25.0 Å². The van der Waals surface area contributed by atoms with Crippen molar-refractivity contribution in [3.63, 3.8) is 0 Å². The minimum absolute atomic E-state index is 0.281. The van der Waals surface area contributed by atoms with Crippen LogP contribution in [-0.4, -0.2) is 94.5 Å². The first kappa shape index (κ1) is 20.3. The minimum Gasteiger partial charge on any atom is -0.481 e. The van der Waals surface area contributed by atoms with E-state index in [4.69, 9.17) is 9.84 Å². The van der Waals surface area contributed by atoms with Gasteiger partial charge in [0.15, 0.2) is 0 Å². The third-order valence-electron chi connectivity index (χ3n) is 5.00. The molecule has 2 heterocycles. The van der Waals surface area contributed by atoms with Gasteiger partial charge in [0.25, 0.3) is 0 Å². The smallest absolute Gasteiger partial charge is 0.323 e. The summed E-state index contributed by atoms with van der Waals surface area (Å²) in [6.07, 6.45) is 2.54. The number of aliphatic carboxylic acids is 2. The van der Waals surface area contributed by atoms with Crippen LogP contribution in [-0.2, 0) is 19.1 Å². The zero-order valence-electron chi connectivity index (χ0n) is 14.8. The Balaban J connectivity index is 2.18. The van der Waals surface area contributed by atoms with Gasteiger partial charge in [-0.3, -0.25) is 24.2 Å². The number of methoxy groups -OCH3 is 1. The van der Waals surface area contributed by atoms with Crippen LogP contribution in [0.15, 0.2) is 11.6 Å². The van der Waals surface area contributed by atoms with E-state index in [2.05, 4.69) is 0 Å². The Hall–Kier alpha value is -1.97. The van der Waals surface area contributed by atoms with Crippen molar-refractivity contribution < 1.29 is 34.4 Å². The highest BCUT2D eigenvalue weighted by Gasteiger charge is 2.36. The zero-order chi connectivity index (χ0) is 19.3. The lowest BCUT2D eigenvalue weighted by Crippen LogP contribution is -2.49. The van der Waals surface area contributed by atoms with Crippen LogP contribution in [0.25, 0.3) is 0 Å². The van der Waals surface area contributed by atoms with Crippen molar-refractivity contribution in [3.05, 3.63) is 11.6 Å². The largest absolute Gasteiger partial charge is 0.481 e. The van der Waals surface area contributed by atoms with Gasteiger partial charge in [-0.05, 0) is 31.4 Å². The van der Waals surface area contributed by atoms with Gasteiger partial charge in [0.05, 0.1) is 26.2 Å². The molecule has 0 bridgehead atoms. The van der Waals surface area contributed by atoms with Gasteiger partial charge in [0.1, 0.15) is 6.04 Å². The number of ether oxygens (including phenoxy) is 1. The maximum absolute atomic E-state index is 11.8. The average Bonchev–Trinajstić information content (AvgIpc) is 3.04. The Morgan fingerprint density at radius 1 is 1.15 bits per heavy atom. The number of esters is 1. The van der Waals surface area contributed by atoms with Crippen molar-refractivity contribution in [2.45, 2.75) is 43.9 Å². The van der Waals surface area contributed by atoms with Crippen LogP contribution in [0.2, 0.25) is 0 Å². The SMILES string of the molecule is COC(=O)[C@@H]1CCCN1CC=C1C(O)CCN(CC(=O)O)C1CC(=O)O. The van der Waals surface area contributed by atoms with Crippen LogP contribution in [0, 0.1) is 0 Å². The molecule has 0 saturated carbocycles. The van der Waals surface area contributed by atoms with Gasteiger partial charge in [-0.2, -0.15) is 0 Å². The molecule has 2 saturated heterocycles. The molecule has 0 aliphatic carbocycles. The van der Waals surface area contributed by atoms with E-state index in [1.807, 2.05) is 4.90 Å². The van der Waals surface area contributed by atoms with Crippen molar-refractivity contribution in [2.75, 3.05) is 33.3 Å². The molecule has 2 fully saturated rings. The number of rotatable bonds is 7. The quantitative estimate of drug-likeness (QED) is 0.403. The molecular formula is C17H26N2O7. The summed E-state index contributed by atoms with van der Waals surface area (Å²) in [6.45, 7) is 1.12. The average molecular weight is 370 g/mol. The third kappa shape index (κ3) is 5.03. The first-order valence-electron chi connectivity index (χ1n) is 8.71. The molecule has 0 aromatic carbocycles. The fraction of sp³-hybridized carbons (Fsp3) is 0.706. The third-order valence-corrected chi connectivity index (χ3v) is 5.00. The van der Waals surface area contributed by atoms with E-state index in [0.29, 0.717) is 38.0 Å². The number of likely N-dealkylation sites (tertiary alicyclic amines) is 2. The first-order chi connectivity index (χ1) is 12.3. The normalized spacial score (nSPS) is 29.0. The molecular weight excluding hydrogens is 344 g/mol. The number of aliphatic hydroxyl groups excluding tert-OH is 1. The number of hydrogen-bond donors (Lipinski definition) is 3. The van der Waals surface area contributed by atoms with Crippen molar-refractivity contribution >= 4 is 17.9 Å². The summed E-state index contributed by atoms with van der Waals surface area (Å²) in [6, 6.07) is -1.02. The summed E-state index contributed by atoms with van der Waals surface area (Å²) >= 11 is 0. The molecule has 0 amide bonds. The standard InChI is InChI=1S/C17H26N2O7/c1-26-17(25)12-3-2-6-18(12)7-4-11-13(9-15(21)22)19(10-16(23)24)8-5-14(11)20/h4,12-14,20H,2-3,5-10H2,1H3,(H,21,22)(H,23,24)/t12-,13?,14?/m0/s1. The Kier molecular flexibility index (Phi) is 7.13. The van der Waals surface area contributed by atoms with Crippen LogP contribution in [0.3, 0.4) is 0 Å². The Bertz CT molecular complexity index is 577. The van der Waals surface area contributed by atoms with Gasteiger partial charge in [-0.1, -0.05) is 6.08 Å². The van der Waals surface area contributed by atoms with Crippen molar-refractivity contribution in [1.82, 2.24) is 9.80 Å². The molecule has 0 aromatic heterocycles. The van der Waals surface area contributed by atoms with Gasteiger partial charge >= 0.3 is 17.9 Å². The van der Waals surface area contributed by atoms with Crippen LogP contribution >= 0.6 is 0 Å². The van der Waals surface area contributed by atoms with Gasteiger partial charge < -0.3 is 20.1 Å². The minimum atomic E-state index is -1.06. The molecule has 2 aliphatic rings. The van der Waals surface area contributed by atoms with E-state index in [9.17, 15) is 24.6 Å². The van der Waals surface area contributed by atoms with Gasteiger partial charge in [-0.15, -0.1) is 0 Å². The molecule has 2 unspecified atom stereocenters. The highest BCUT2D eigenvalue weighted by Crippen LogP contribution is 2.27. The summed E-state index contributed by atoms with van der Waals surface area (Å²) in [5.41, 5.74) is 0.510. The van der Waals surface area contributed by atoms with Crippen molar-refractivity contribution in [3.8, 4) is 0 Å². The first-order valence-corrected chi connectivity index (χ1v) is 8.71. The number of carboxylic acids is 2. The summed E-state index contributed by atoms with van der Waals surface area (Å²) in [4.78, 5) is 37.6. The van der Waals surface area contributed by atoms with Crippen molar-refractivity contribution in [2.24, 2.45) is 0 Å². The summed E-state index contributed by atoms with van der Waals surface area (Å²) in [5.74, 6) is -2.40. The van der Waals surface area contributed by atoms with Gasteiger partial charge in [-0.25, -0.2) is 0 Å². The number of carbonyl (C=O) groups is 3. The van der Waals surface area contributed by atoms with Crippen LogP contribution in [0.5, 0.6) is 0 Å². The molecule has 9 heteroatoms. The highest BCUT2D eigenvalue weighted by atomic mass is 16.5. The van der Waals surface area contributed by atoms with Crippen LogP contribution in [0.1, 0.15) is 25.7 Å². The molecule has 0 spiro atoms. The number of carboxylic acid groups (broad SMARTS) is 2. The number of nitrogens with zero attached hydrogens (tertiary/aromatic N) is 2. The Morgan fingerprint density at radius 3 is 2.50 bits per heavy atom. The van der Waals surface area contributed by atoms with E-state index in [0.717, 1.165) is 6.42 Å². The second kappa shape index (κ2) is 9.11. The van der Waals surface area contributed by atoms with E-state index in [1.165, 1.54) is 7.11 Å². The van der Waals surface area contributed by atoms with E-state index >= 15 is 0 Å². The maximum Gasteiger partial charge on any atom is 0.323 e. The van der Waals surface area contributed by atoms with Crippen LogP contribution in [0.4, 0.5) is 0 Å². The molecule has 0 aromatic rings. The summed E-state index contributed by atoms with van der Waals surface area (Å²) < 4.78 is 4.81. The Labute approximate surface area is 151 Å². The predicted molar refractivity (Wildman–Crippen MR) is 90.6 cm³/mol. The molecule has 2 aliphatic heterocycles. The van der Waals surface area contributed by atoms with Crippen LogP contribution < -0.4 is 0 Å². The monoisotopic (exact) mass is 370 g/mol. The van der Waals surface area contributed by atoms with E-state index < -0.39 is 24.1 Å². The van der Waals surface area contributed by atoms with Crippen molar-refractivity contribution in [1.29, 1.82) is 0 Å². The molecule has 2 rings (SSSR count). The zero-order valence-corrected chi connectivity index (χ0v) is 14.8. The lowest BCUT2D eigenvalue weighted by atomic mass is 9.90. The summed E-state index contributed by atoms with van der Waals surface area (Å²) in [5, 5.41) is 28.6. The molecule has 3 atom stereocenters. The fourth-order valence-electron chi connectivity index (χ4n) is 3.76. The molecule has 3 N–H and O–H groups in total. The van der Waals surface area contributed by atoms with Gasteiger partial charge in [0, 0.05) is 19.1 Å². The topological polar surface area (TPSA) is 128 Å². The molecule has 26 heavy (non-hydrogen) atoms. The molecule has 146 valence electrons. The number of hydrogen-bond acceptors (Lipinski definition) is 7.